The van der Waals surface area contributed by atoms with Gasteiger partial charge in [0.25, 0.3) is 0 Å². The smallest absolute Gasteiger partial charge is 0.220 e. The van der Waals surface area contributed by atoms with Crippen molar-refractivity contribution in [1.82, 2.24) is 9.97 Å². The highest BCUT2D eigenvalue weighted by Crippen LogP contribution is 2.36. The van der Waals surface area contributed by atoms with E-state index < -0.39 is 0 Å². The van der Waals surface area contributed by atoms with Crippen LogP contribution in [0.3, 0.4) is 0 Å². The molecule has 1 saturated heterocycles. The molecule has 1 aliphatic rings. The molecule has 0 radical (unpaired) electrons. The number of hydrogen-bond donors (Lipinski definition) is 1. The maximum absolute atomic E-state index is 11.5. The molecule has 0 saturated carbocycles. The summed E-state index contributed by atoms with van der Waals surface area (Å²) >= 11 is 1.41. The average molecular weight is 414 g/mol. The van der Waals surface area contributed by atoms with Gasteiger partial charge < -0.3 is 20.1 Å². The molecule has 1 aromatic heterocycles. The summed E-state index contributed by atoms with van der Waals surface area (Å²) in [4.78, 5) is 22.7. The van der Waals surface area contributed by atoms with Gasteiger partial charge in [0.2, 0.25) is 5.91 Å². The minimum absolute atomic E-state index is 0.135. The van der Waals surface area contributed by atoms with Gasteiger partial charge in [-0.1, -0.05) is 11.8 Å². The minimum atomic E-state index is -0.274. The first-order valence-corrected chi connectivity index (χ1v) is 10.4. The summed E-state index contributed by atoms with van der Waals surface area (Å²) in [7, 11) is 3.14. The Morgan fingerprint density at radius 3 is 2.48 bits per heavy atom. The van der Waals surface area contributed by atoms with Gasteiger partial charge in [-0.3, -0.25) is 4.79 Å². The highest BCUT2D eigenvalue weighted by molar-refractivity contribution is 7.98. The topological polar surface area (TPSA) is 114 Å². The molecule has 9 heteroatoms. The zero-order valence-corrected chi connectivity index (χ0v) is 17.5. The van der Waals surface area contributed by atoms with Gasteiger partial charge in [0.1, 0.15) is 11.6 Å². The number of thioether (sulfide) groups is 1. The number of carbonyl (C=O) groups excluding carboxylic acids is 1. The number of anilines is 1. The highest BCUT2D eigenvalue weighted by atomic mass is 32.2. The van der Waals surface area contributed by atoms with Crippen LogP contribution in [0.1, 0.15) is 18.4 Å². The van der Waals surface area contributed by atoms with Crippen LogP contribution in [0.15, 0.2) is 23.4 Å². The van der Waals surface area contributed by atoms with Crippen LogP contribution in [-0.2, 0) is 4.79 Å². The second kappa shape index (κ2) is 9.01. The van der Waals surface area contributed by atoms with Crippen LogP contribution < -0.4 is 20.1 Å². The van der Waals surface area contributed by atoms with Crippen molar-refractivity contribution in [2.75, 3.05) is 38.5 Å². The maximum atomic E-state index is 11.5. The summed E-state index contributed by atoms with van der Waals surface area (Å²) in [6, 6.07) is 7.70. The zero-order valence-electron chi connectivity index (χ0n) is 16.6. The Kier molecular flexibility index (Phi) is 6.44. The summed E-state index contributed by atoms with van der Waals surface area (Å²) in [5.74, 6) is 1.33. The lowest BCUT2D eigenvalue weighted by Gasteiger charge is -2.32. The van der Waals surface area contributed by atoms with E-state index in [-0.39, 0.29) is 11.8 Å². The van der Waals surface area contributed by atoms with Crippen molar-refractivity contribution in [2.24, 2.45) is 11.7 Å². The Morgan fingerprint density at radius 2 is 1.93 bits per heavy atom. The monoisotopic (exact) mass is 413 g/mol. The third-order valence-electron chi connectivity index (χ3n) is 5.02. The number of primary amides is 1. The van der Waals surface area contributed by atoms with E-state index in [0.717, 1.165) is 5.56 Å². The van der Waals surface area contributed by atoms with Crippen LogP contribution in [0, 0.1) is 17.2 Å². The largest absolute Gasteiger partial charge is 0.493 e. The van der Waals surface area contributed by atoms with Gasteiger partial charge in [0.05, 0.1) is 19.9 Å². The van der Waals surface area contributed by atoms with E-state index in [4.69, 9.17) is 15.2 Å². The van der Waals surface area contributed by atoms with Crippen molar-refractivity contribution in [3.63, 3.8) is 0 Å². The van der Waals surface area contributed by atoms with E-state index in [9.17, 15) is 10.1 Å². The van der Waals surface area contributed by atoms with Crippen molar-refractivity contribution < 1.29 is 14.3 Å². The molecule has 2 heterocycles. The van der Waals surface area contributed by atoms with Gasteiger partial charge in [-0.05, 0) is 37.3 Å². The second-order valence-corrected chi connectivity index (χ2v) is 7.38. The number of ether oxygens (including phenoxy) is 2. The predicted octanol–water partition coefficient (Wildman–Crippen LogP) is 2.46. The molecule has 1 amide bonds. The van der Waals surface area contributed by atoms with Gasteiger partial charge in [0.15, 0.2) is 22.5 Å². The summed E-state index contributed by atoms with van der Waals surface area (Å²) < 4.78 is 10.7. The van der Waals surface area contributed by atoms with Gasteiger partial charge in [-0.15, -0.1) is 0 Å². The molecular formula is C20H23N5O3S. The normalized spacial score (nSPS) is 14.3. The average Bonchev–Trinajstić information content (AvgIpc) is 2.77. The van der Waals surface area contributed by atoms with E-state index in [1.807, 2.05) is 17.2 Å². The molecule has 152 valence electrons. The number of nitrogens with zero attached hydrogens (tertiary/aromatic N) is 4. The summed E-state index contributed by atoms with van der Waals surface area (Å²) in [5, 5.41) is 10.5. The summed E-state index contributed by atoms with van der Waals surface area (Å²) in [5.41, 5.74) is 7.12. The van der Waals surface area contributed by atoms with E-state index in [1.54, 1.807) is 26.4 Å². The molecule has 2 N–H and O–H groups in total. The Bertz CT molecular complexity index is 952. The molecule has 8 nitrogen and oxygen atoms in total. The van der Waals surface area contributed by atoms with Crippen molar-refractivity contribution in [2.45, 2.75) is 18.0 Å². The maximum Gasteiger partial charge on any atom is 0.220 e. The lowest BCUT2D eigenvalue weighted by atomic mass is 9.96. The fourth-order valence-corrected chi connectivity index (χ4v) is 3.78. The highest BCUT2D eigenvalue weighted by Gasteiger charge is 2.27. The first-order chi connectivity index (χ1) is 14.0. The molecule has 0 atom stereocenters. The number of rotatable bonds is 6. The number of nitriles is 1. The number of methoxy groups -OCH3 is 2. The van der Waals surface area contributed by atoms with E-state index in [1.165, 1.54) is 11.8 Å². The number of aromatic nitrogens is 2. The quantitative estimate of drug-likeness (QED) is 0.567. The standard InChI is InChI=1S/C20H23N5O3S/c1-27-15-5-4-13(10-16(15)28-2)17-14(11-21)19(24-20(23-17)29-3)25-8-6-12(7-9-25)18(22)26/h4-5,10,12H,6-9H2,1-3H3,(H2,22,26). The molecule has 0 aliphatic carbocycles. The van der Waals surface area contributed by atoms with Crippen LogP contribution in [0.2, 0.25) is 0 Å². The fraction of sp³-hybridized carbons (Fsp3) is 0.400. The van der Waals surface area contributed by atoms with Crippen LogP contribution in [0.25, 0.3) is 11.3 Å². The molecule has 0 spiro atoms. The Hall–Kier alpha value is -2.99. The second-order valence-electron chi connectivity index (χ2n) is 6.60. The van der Waals surface area contributed by atoms with Crippen LogP contribution in [0.4, 0.5) is 5.82 Å². The number of nitrogens with two attached hydrogens (primary N) is 1. The van der Waals surface area contributed by atoms with Crippen molar-refractivity contribution in [3.8, 4) is 28.8 Å². The number of benzene rings is 1. The van der Waals surface area contributed by atoms with Gasteiger partial charge in [0, 0.05) is 24.6 Å². The predicted molar refractivity (Wildman–Crippen MR) is 111 cm³/mol. The number of amides is 1. The first kappa shape index (κ1) is 20.7. The van der Waals surface area contributed by atoms with E-state index in [0.29, 0.717) is 59.7 Å². The van der Waals surface area contributed by atoms with Crippen molar-refractivity contribution >= 4 is 23.5 Å². The molecule has 1 fully saturated rings. The molecule has 1 aliphatic heterocycles. The molecule has 2 aromatic rings. The van der Waals surface area contributed by atoms with Crippen molar-refractivity contribution in [1.29, 1.82) is 5.26 Å². The van der Waals surface area contributed by atoms with Crippen LogP contribution >= 0.6 is 11.8 Å². The SMILES string of the molecule is COc1ccc(-c2nc(SC)nc(N3CCC(C(N)=O)CC3)c2C#N)cc1OC. The molecule has 0 unspecified atom stereocenters. The van der Waals surface area contributed by atoms with Gasteiger partial charge in [-0.2, -0.15) is 5.26 Å². The third-order valence-corrected chi connectivity index (χ3v) is 5.57. The Labute approximate surface area is 174 Å². The summed E-state index contributed by atoms with van der Waals surface area (Å²) in [6.07, 6.45) is 3.18. The third kappa shape index (κ3) is 4.22. The van der Waals surface area contributed by atoms with Crippen molar-refractivity contribution in [3.05, 3.63) is 23.8 Å². The van der Waals surface area contributed by atoms with E-state index in [2.05, 4.69) is 16.0 Å². The lowest BCUT2D eigenvalue weighted by molar-refractivity contribution is -0.122. The minimum Gasteiger partial charge on any atom is -0.493 e. The molecule has 29 heavy (non-hydrogen) atoms. The Morgan fingerprint density at radius 1 is 1.24 bits per heavy atom. The zero-order chi connectivity index (χ0) is 21.0. The fourth-order valence-electron chi connectivity index (χ4n) is 3.42. The molecule has 0 bridgehead atoms. The molecule has 3 rings (SSSR count). The van der Waals surface area contributed by atoms with Crippen LogP contribution in [0.5, 0.6) is 11.5 Å². The number of hydrogen-bond acceptors (Lipinski definition) is 8. The molecule has 1 aromatic carbocycles. The number of piperidine rings is 1. The van der Waals surface area contributed by atoms with Crippen LogP contribution in [-0.4, -0.2) is 49.4 Å². The van der Waals surface area contributed by atoms with E-state index >= 15 is 0 Å². The first-order valence-electron chi connectivity index (χ1n) is 9.15. The number of carbonyl (C=O) groups is 1. The Balaban J connectivity index is 2.06. The lowest BCUT2D eigenvalue weighted by Crippen LogP contribution is -2.39. The van der Waals surface area contributed by atoms with Gasteiger partial charge in [-0.25, -0.2) is 9.97 Å². The summed E-state index contributed by atoms with van der Waals surface area (Å²) in [6.45, 7) is 1.22. The van der Waals surface area contributed by atoms with Gasteiger partial charge >= 0.3 is 0 Å². The molecular weight excluding hydrogens is 390 g/mol.